The number of nitrogens with zero attached hydrogens (tertiary/aromatic N) is 1. The Morgan fingerprint density at radius 2 is 2.20 bits per heavy atom. The van der Waals surface area contributed by atoms with Crippen LogP contribution in [0, 0.1) is 11.8 Å². The number of pyridine rings is 1. The van der Waals surface area contributed by atoms with Crippen LogP contribution in [0.5, 0.6) is 0 Å². The summed E-state index contributed by atoms with van der Waals surface area (Å²) >= 11 is 5.84. The van der Waals surface area contributed by atoms with Gasteiger partial charge in [-0.3, -0.25) is 0 Å². The molecule has 1 aromatic heterocycles. The van der Waals surface area contributed by atoms with Crippen molar-refractivity contribution in [2.24, 2.45) is 11.8 Å². The number of anilines is 1. The molecule has 1 aromatic rings. The normalized spacial score (nSPS) is 30.5. The number of rotatable bonds is 2. The van der Waals surface area contributed by atoms with Crippen LogP contribution in [0.3, 0.4) is 0 Å². The lowest BCUT2D eigenvalue weighted by Gasteiger charge is -2.20. The highest BCUT2D eigenvalue weighted by atomic mass is 35.5. The van der Waals surface area contributed by atoms with Gasteiger partial charge in [0.15, 0.2) is 0 Å². The van der Waals surface area contributed by atoms with Crippen molar-refractivity contribution in [2.45, 2.75) is 32.7 Å². The van der Waals surface area contributed by atoms with Crippen molar-refractivity contribution in [1.82, 2.24) is 4.98 Å². The quantitative estimate of drug-likeness (QED) is 0.777. The van der Waals surface area contributed by atoms with E-state index in [0.29, 0.717) is 11.2 Å². The average molecular weight is 225 g/mol. The van der Waals surface area contributed by atoms with Crippen molar-refractivity contribution in [3.63, 3.8) is 0 Å². The Labute approximate surface area is 96.1 Å². The molecule has 0 radical (unpaired) electrons. The molecule has 1 fully saturated rings. The van der Waals surface area contributed by atoms with Gasteiger partial charge in [0.25, 0.3) is 0 Å². The summed E-state index contributed by atoms with van der Waals surface area (Å²) in [7, 11) is 0. The smallest absolute Gasteiger partial charge is 0.131 e. The number of nitrogens with one attached hydrogen (secondary N) is 1. The minimum absolute atomic E-state index is 0.554. The van der Waals surface area contributed by atoms with E-state index in [1.54, 1.807) is 6.20 Å². The molecule has 0 aliphatic heterocycles. The molecule has 2 rings (SSSR count). The minimum atomic E-state index is 0.554. The van der Waals surface area contributed by atoms with Gasteiger partial charge in [0.05, 0.1) is 0 Å². The molecule has 1 aliphatic carbocycles. The second-order valence-electron chi connectivity index (χ2n) is 4.53. The van der Waals surface area contributed by atoms with E-state index in [4.69, 9.17) is 11.6 Å². The Balaban J connectivity index is 2.03. The van der Waals surface area contributed by atoms with E-state index < -0.39 is 0 Å². The van der Waals surface area contributed by atoms with Crippen LogP contribution in [-0.2, 0) is 0 Å². The number of halogens is 1. The fraction of sp³-hybridized carbons (Fsp3) is 0.583. The molecule has 1 aliphatic rings. The topological polar surface area (TPSA) is 24.9 Å². The molecular weight excluding hydrogens is 208 g/mol. The predicted molar refractivity (Wildman–Crippen MR) is 64.2 cm³/mol. The van der Waals surface area contributed by atoms with Gasteiger partial charge in [0.1, 0.15) is 5.15 Å². The molecule has 82 valence electrons. The third kappa shape index (κ3) is 2.43. The van der Waals surface area contributed by atoms with Gasteiger partial charge in [0, 0.05) is 17.9 Å². The number of hydrogen-bond acceptors (Lipinski definition) is 2. The summed E-state index contributed by atoms with van der Waals surface area (Å²) in [6.45, 7) is 4.64. The molecule has 0 saturated heterocycles. The van der Waals surface area contributed by atoms with Gasteiger partial charge in [-0.25, -0.2) is 4.98 Å². The molecular formula is C12H17ClN2. The molecule has 15 heavy (non-hydrogen) atoms. The summed E-state index contributed by atoms with van der Waals surface area (Å²) in [5, 5.41) is 4.09. The Kier molecular flexibility index (Phi) is 3.15. The number of aromatic nitrogens is 1. The first-order chi connectivity index (χ1) is 7.16. The third-order valence-corrected chi connectivity index (χ3v) is 3.75. The fourth-order valence-corrected chi connectivity index (χ4v) is 2.45. The van der Waals surface area contributed by atoms with Crippen molar-refractivity contribution in [3.8, 4) is 0 Å². The van der Waals surface area contributed by atoms with Crippen LogP contribution < -0.4 is 5.32 Å². The first kappa shape index (κ1) is 10.7. The van der Waals surface area contributed by atoms with Crippen LogP contribution in [-0.4, -0.2) is 11.0 Å². The van der Waals surface area contributed by atoms with Crippen LogP contribution in [0.25, 0.3) is 0 Å². The van der Waals surface area contributed by atoms with Gasteiger partial charge in [-0.15, -0.1) is 0 Å². The lowest BCUT2D eigenvalue weighted by Crippen LogP contribution is -2.23. The SMILES string of the molecule is CC1CCC(Nc2ccnc(Cl)c2)C1C. The molecule has 1 saturated carbocycles. The first-order valence-electron chi connectivity index (χ1n) is 5.55. The summed E-state index contributed by atoms with van der Waals surface area (Å²) in [5.41, 5.74) is 1.08. The average Bonchev–Trinajstić information content (AvgIpc) is 2.50. The lowest BCUT2D eigenvalue weighted by molar-refractivity contribution is 0.435. The standard InChI is InChI=1S/C12H17ClN2/c1-8-3-4-11(9(8)2)15-10-5-6-14-12(13)7-10/h5-9,11H,3-4H2,1-2H3,(H,14,15). The molecule has 0 amide bonds. The van der Waals surface area contributed by atoms with Crippen LogP contribution in [0.15, 0.2) is 18.3 Å². The van der Waals surface area contributed by atoms with E-state index in [-0.39, 0.29) is 0 Å². The van der Waals surface area contributed by atoms with E-state index in [1.165, 1.54) is 12.8 Å². The first-order valence-corrected chi connectivity index (χ1v) is 5.92. The molecule has 3 atom stereocenters. The Morgan fingerprint density at radius 3 is 2.80 bits per heavy atom. The highest BCUT2D eigenvalue weighted by Crippen LogP contribution is 2.33. The van der Waals surface area contributed by atoms with Crippen molar-refractivity contribution >= 4 is 17.3 Å². The maximum absolute atomic E-state index is 5.84. The van der Waals surface area contributed by atoms with Crippen molar-refractivity contribution in [2.75, 3.05) is 5.32 Å². The summed E-state index contributed by atoms with van der Waals surface area (Å²) < 4.78 is 0. The fourth-order valence-electron chi connectivity index (χ4n) is 2.27. The highest BCUT2D eigenvalue weighted by molar-refractivity contribution is 6.29. The molecule has 3 heteroatoms. The maximum atomic E-state index is 5.84. The van der Waals surface area contributed by atoms with E-state index in [2.05, 4.69) is 24.1 Å². The van der Waals surface area contributed by atoms with Crippen molar-refractivity contribution in [1.29, 1.82) is 0 Å². The number of hydrogen-bond donors (Lipinski definition) is 1. The van der Waals surface area contributed by atoms with Gasteiger partial charge >= 0.3 is 0 Å². The molecule has 3 unspecified atom stereocenters. The Hall–Kier alpha value is -0.760. The molecule has 0 bridgehead atoms. The zero-order chi connectivity index (χ0) is 10.8. The monoisotopic (exact) mass is 224 g/mol. The van der Waals surface area contributed by atoms with Crippen LogP contribution in [0.1, 0.15) is 26.7 Å². The van der Waals surface area contributed by atoms with Crippen molar-refractivity contribution in [3.05, 3.63) is 23.5 Å². The second kappa shape index (κ2) is 4.40. The Morgan fingerprint density at radius 1 is 1.40 bits per heavy atom. The van der Waals surface area contributed by atoms with Crippen LogP contribution in [0.2, 0.25) is 5.15 Å². The predicted octanol–water partition coefficient (Wildman–Crippen LogP) is 3.58. The van der Waals surface area contributed by atoms with E-state index >= 15 is 0 Å². The maximum Gasteiger partial charge on any atom is 0.131 e. The zero-order valence-corrected chi connectivity index (χ0v) is 9.96. The van der Waals surface area contributed by atoms with Gasteiger partial charge in [0.2, 0.25) is 0 Å². The van der Waals surface area contributed by atoms with Gasteiger partial charge in [-0.05, 0) is 36.8 Å². The summed E-state index contributed by atoms with van der Waals surface area (Å²) in [5.74, 6) is 1.55. The molecule has 0 spiro atoms. The zero-order valence-electron chi connectivity index (χ0n) is 9.20. The Bertz CT molecular complexity index is 340. The van der Waals surface area contributed by atoms with Gasteiger partial charge in [-0.1, -0.05) is 25.4 Å². The summed E-state index contributed by atoms with van der Waals surface area (Å²) in [4.78, 5) is 3.97. The summed E-state index contributed by atoms with van der Waals surface area (Å²) in [6, 6.07) is 4.44. The molecule has 1 N–H and O–H groups in total. The van der Waals surface area contributed by atoms with Gasteiger partial charge < -0.3 is 5.32 Å². The lowest BCUT2D eigenvalue weighted by atomic mass is 9.98. The van der Waals surface area contributed by atoms with Crippen LogP contribution >= 0.6 is 11.6 Å². The molecule has 1 heterocycles. The minimum Gasteiger partial charge on any atom is -0.382 e. The van der Waals surface area contributed by atoms with E-state index in [1.807, 2.05) is 12.1 Å². The van der Waals surface area contributed by atoms with Crippen molar-refractivity contribution < 1.29 is 0 Å². The second-order valence-corrected chi connectivity index (χ2v) is 4.92. The highest BCUT2D eigenvalue weighted by Gasteiger charge is 2.29. The van der Waals surface area contributed by atoms with E-state index in [9.17, 15) is 0 Å². The third-order valence-electron chi connectivity index (χ3n) is 3.54. The summed E-state index contributed by atoms with van der Waals surface area (Å²) in [6.07, 6.45) is 4.31. The van der Waals surface area contributed by atoms with Gasteiger partial charge in [-0.2, -0.15) is 0 Å². The largest absolute Gasteiger partial charge is 0.382 e. The van der Waals surface area contributed by atoms with E-state index in [0.717, 1.165) is 17.5 Å². The molecule has 0 aromatic carbocycles. The van der Waals surface area contributed by atoms with Crippen LogP contribution in [0.4, 0.5) is 5.69 Å². The molecule has 2 nitrogen and oxygen atoms in total.